The van der Waals surface area contributed by atoms with Crippen LogP contribution in [-0.4, -0.2) is 35.0 Å². The first-order chi connectivity index (χ1) is 14.9. The number of hydrogen-bond acceptors (Lipinski definition) is 7. The van der Waals surface area contributed by atoms with Crippen molar-refractivity contribution in [3.63, 3.8) is 0 Å². The van der Waals surface area contributed by atoms with Crippen LogP contribution in [0.1, 0.15) is 53.7 Å². The van der Waals surface area contributed by atoms with Gasteiger partial charge >= 0.3 is 5.97 Å². The number of nitrogens with zero attached hydrogens (tertiary/aromatic N) is 2. The van der Waals surface area contributed by atoms with Crippen molar-refractivity contribution >= 4 is 17.8 Å². The summed E-state index contributed by atoms with van der Waals surface area (Å²) in [5.74, 6) is -0.412. The number of rotatable bonds is 6. The predicted octanol–water partition coefficient (Wildman–Crippen LogP) is 3.45. The number of ether oxygens (including phenoxy) is 2. The smallest absolute Gasteiger partial charge is 0.342 e. The van der Waals surface area contributed by atoms with Gasteiger partial charge in [-0.25, -0.2) is 4.79 Å². The highest BCUT2D eigenvalue weighted by atomic mass is 16.5. The first-order valence-corrected chi connectivity index (χ1v) is 9.61. The molecular formula is C23H20N2O6. The van der Waals surface area contributed by atoms with Crippen molar-refractivity contribution in [1.29, 1.82) is 0 Å². The van der Waals surface area contributed by atoms with Gasteiger partial charge in [0.1, 0.15) is 23.7 Å². The number of carbonyl (C=O) groups excluding carboxylic acids is 3. The van der Waals surface area contributed by atoms with E-state index in [1.807, 2.05) is 0 Å². The summed E-state index contributed by atoms with van der Waals surface area (Å²) in [4.78, 5) is 39.1. The molecular weight excluding hydrogens is 400 g/mol. The van der Waals surface area contributed by atoms with Crippen molar-refractivity contribution in [1.82, 2.24) is 10.1 Å². The topological polar surface area (TPSA) is 98.9 Å². The van der Waals surface area contributed by atoms with Crippen LogP contribution in [0.4, 0.5) is 0 Å². The normalized spacial score (nSPS) is 12.8. The summed E-state index contributed by atoms with van der Waals surface area (Å²) in [5, 5.41) is 3.84. The third kappa shape index (κ3) is 3.68. The number of fused-ring (bicyclic) bond motifs is 1. The Morgan fingerprint density at radius 1 is 1.06 bits per heavy atom. The second kappa shape index (κ2) is 8.06. The predicted molar refractivity (Wildman–Crippen MR) is 109 cm³/mol. The largest absolute Gasteiger partial charge is 0.496 e. The van der Waals surface area contributed by atoms with Crippen molar-refractivity contribution < 1.29 is 28.4 Å². The second-order valence-electron chi connectivity index (χ2n) is 7.16. The second-order valence-corrected chi connectivity index (χ2v) is 7.16. The average molecular weight is 420 g/mol. The summed E-state index contributed by atoms with van der Waals surface area (Å²) in [6.45, 7) is 3.54. The molecule has 8 heteroatoms. The van der Waals surface area contributed by atoms with Crippen LogP contribution in [0.15, 0.2) is 47.0 Å². The molecule has 31 heavy (non-hydrogen) atoms. The molecule has 2 aromatic carbocycles. The van der Waals surface area contributed by atoms with Crippen molar-refractivity contribution in [2.24, 2.45) is 0 Å². The molecule has 0 N–H and O–H groups in total. The van der Waals surface area contributed by atoms with Crippen LogP contribution in [-0.2, 0) is 17.9 Å². The van der Waals surface area contributed by atoms with E-state index >= 15 is 0 Å². The number of hydrogen-bond donors (Lipinski definition) is 0. The molecule has 0 unspecified atom stereocenters. The molecule has 3 aromatic rings. The lowest BCUT2D eigenvalue weighted by molar-refractivity contribution is 0.0467. The van der Waals surface area contributed by atoms with Gasteiger partial charge in [-0.2, -0.15) is 0 Å². The summed E-state index contributed by atoms with van der Waals surface area (Å²) < 4.78 is 15.8. The minimum Gasteiger partial charge on any atom is -0.496 e. The van der Waals surface area contributed by atoms with E-state index in [1.165, 1.54) is 7.11 Å². The van der Waals surface area contributed by atoms with Crippen molar-refractivity contribution in [2.45, 2.75) is 27.0 Å². The zero-order valence-corrected chi connectivity index (χ0v) is 17.3. The van der Waals surface area contributed by atoms with E-state index in [9.17, 15) is 14.4 Å². The molecule has 0 bridgehead atoms. The lowest BCUT2D eigenvalue weighted by Gasteiger charge is -2.16. The molecule has 2 heterocycles. The van der Waals surface area contributed by atoms with Crippen LogP contribution in [0.5, 0.6) is 5.75 Å². The third-order valence-corrected chi connectivity index (χ3v) is 5.23. The van der Waals surface area contributed by atoms with E-state index in [4.69, 9.17) is 14.0 Å². The van der Waals surface area contributed by atoms with Gasteiger partial charge in [-0.15, -0.1) is 0 Å². The Kier molecular flexibility index (Phi) is 5.29. The van der Waals surface area contributed by atoms with E-state index in [1.54, 1.807) is 56.3 Å². The van der Waals surface area contributed by atoms with Gasteiger partial charge in [-0.1, -0.05) is 23.4 Å². The highest BCUT2D eigenvalue weighted by Gasteiger charge is 2.35. The Morgan fingerprint density at radius 2 is 1.74 bits per heavy atom. The summed E-state index contributed by atoms with van der Waals surface area (Å²) in [6.07, 6.45) is 0. The summed E-state index contributed by atoms with van der Waals surface area (Å²) in [7, 11) is 1.45. The monoisotopic (exact) mass is 420 g/mol. The molecule has 4 rings (SSSR count). The molecule has 158 valence electrons. The molecule has 0 fully saturated rings. The van der Waals surface area contributed by atoms with Crippen LogP contribution in [0, 0.1) is 13.8 Å². The Hall–Kier alpha value is -3.94. The Morgan fingerprint density at radius 3 is 2.32 bits per heavy atom. The molecule has 0 saturated carbocycles. The Bertz CT molecular complexity index is 1140. The van der Waals surface area contributed by atoms with Gasteiger partial charge in [0.05, 0.1) is 36.0 Å². The maximum absolute atomic E-state index is 12.7. The maximum atomic E-state index is 12.7. The highest BCUT2D eigenvalue weighted by molar-refractivity contribution is 6.21. The van der Waals surface area contributed by atoms with Crippen LogP contribution < -0.4 is 4.74 Å². The molecule has 0 saturated heterocycles. The van der Waals surface area contributed by atoms with Gasteiger partial charge in [0, 0.05) is 0 Å². The summed E-state index contributed by atoms with van der Waals surface area (Å²) in [5.41, 5.74) is 2.90. The lowest BCUT2D eigenvalue weighted by atomic mass is 10.1. The van der Waals surface area contributed by atoms with E-state index < -0.39 is 5.97 Å². The maximum Gasteiger partial charge on any atom is 0.342 e. The van der Waals surface area contributed by atoms with Crippen LogP contribution in [0.2, 0.25) is 0 Å². The number of aromatic nitrogens is 1. The van der Waals surface area contributed by atoms with E-state index in [0.29, 0.717) is 39.5 Å². The molecule has 0 radical (unpaired) electrons. The zero-order valence-electron chi connectivity index (χ0n) is 17.3. The van der Waals surface area contributed by atoms with Crippen molar-refractivity contribution in [3.05, 3.63) is 81.7 Å². The molecule has 8 nitrogen and oxygen atoms in total. The fourth-order valence-electron chi connectivity index (χ4n) is 3.50. The standard InChI is InChI=1S/C23H20N2O6/c1-13-19(14(2)31-24-13)12-30-23(28)18-10-15(8-9-20(18)29-3)11-25-21(26)16-6-4-5-7-17(16)22(25)27/h4-10H,11-12H2,1-3H3. The quantitative estimate of drug-likeness (QED) is 0.445. The first kappa shape index (κ1) is 20.3. The zero-order chi connectivity index (χ0) is 22.1. The highest BCUT2D eigenvalue weighted by Crippen LogP contribution is 2.27. The van der Waals surface area contributed by atoms with Crippen molar-refractivity contribution in [3.8, 4) is 5.75 Å². The molecule has 2 amide bonds. The number of esters is 1. The van der Waals surface area contributed by atoms with Crippen molar-refractivity contribution in [2.75, 3.05) is 7.11 Å². The van der Waals surface area contributed by atoms with Gasteiger partial charge < -0.3 is 14.0 Å². The van der Waals surface area contributed by atoms with Gasteiger partial charge in [0.15, 0.2) is 0 Å². The number of carbonyl (C=O) groups is 3. The molecule has 0 atom stereocenters. The van der Waals surface area contributed by atoms with E-state index in [-0.39, 0.29) is 30.5 Å². The van der Waals surface area contributed by atoms with Crippen LogP contribution in [0.3, 0.4) is 0 Å². The molecule has 0 aliphatic carbocycles. The SMILES string of the molecule is COc1ccc(CN2C(=O)c3ccccc3C2=O)cc1C(=O)OCc1c(C)noc1C. The van der Waals surface area contributed by atoms with E-state index in [2.05, 4.69) is 5.16 Å². The number of methoxy groups -OCH3 is 1. The Labute approximate surface area is 178 Å². The number of imide groups is 1. The average Bonchev–Trinajstić information content (AvgIpc) is 3.23. The number of benzene rings is 2. The fourth-order valence-corrected chi connectivity index (χ4v) is 3.50. The van der Waals surface area contributed by atoms with Crippen LogP contribution >= 0.6 is 0 Å². The minimum atomic E-state index is -0.596. The minimum absolute atomic E-state index is 0.00574. The number of amides is 2. The molecule has 1 aromatic heterocycles. The Balaban J connectivity index is 1.55. The molecule has 1 aliphatic rings. The van der Waals surface area contributed by atoms with E-state index in [0.717, 1.165) is 4.90 Å². The first-order valence-electron chi connectivity index (χ1n) is 9.61. The number of aryl methyl sites for hydroxylation is 2. The van der Waals surface area contributed by atoms with Gasteiger partial charge in [-0.05, 0) is 43.7 Å². The van der Waals surface area contributed by atoms with Gasteiger partial charge in [-0.3, -0.25) is 14.5 Å². The fraction of sp³-hybridized carbons (Fsp3) is 0.217. The third-order valence-electron chi connectivity index (χ3n) is 5.23. The molecule has 0 spiro atoms. The van der Waals surface area contributed by atoms with Gasteiger partial charge in [0.25, 0.3) is 11.8 Å². The molecule has 1 aliphatic heterocycles. The van der Waals surface area contributed by atoms with Gasteiger partial charge in [0.2, 0.25) is 0 Å². The summed E-state index contributed by atoms with van der Waals surface area (Å²) >= 11 is 0. The summed E-state index contributed by atoms with van der Waals surface area (Å²) in [6, 6.07) is 11.6. The lowest BCUT2D eigenvalue weighted by Crippen LogP contribution is -2.29. The van der Waals surface area contributed by atoms with Crippen LogP contribution in [0.25, 0.3) is 0 Å².